The van der Waals surface area contributed by atoms with Crippen LogP contribution in [0.3, 0.4) is 0 Å². The Labute approximate surface area is 101 Å². The molecule has 0 bridgehead atoms. The van der Waals surface area contributed by atoms with Gasteiger partial charge in [-0.15, -0.1) is 11.3 Å². The number of carbonyl (C=O) groups excluding carboxylic acids is 1. The predicted molar refractivity (Wildman–Crippen MR) is 64.7 cm³/mol. The van der Waals surface area contributed by atoms with Gasteiger partial charge in [0.25, 0.3) is 0 Å². The van der Waals surface area contributed by atoms with Gasteiger partial charge in [-0.05, 0) is 25.1 Å². The number of carbonyl (C=O) groups is 2. The van der Waals surface area contributed by atoms with Crippen LogP contribution in [-0.4, -0.2) is 23.7 Å². The highest BCUT2D eigenvalue weighted by Gasteiger charge is 2.15. The minimum atomic E-state index is -0.996. The maximum absolute atomic E-state index is 11.5. The summed E-state index contributed by atoms with van der Waals surface area (Å²) in [5, 5.41) is 9.60. The highest BCUT2D eigenvalue weighted by Crippen LogP contribution is 2.28. The van der Waals surface area contributed by atoms with Gasteiger partial charge in [0.2, 0.25) is 0 Å². The molecule has 88 valence electrons. The molecule has 0 amide bonds. The van der Waals surface area contributed by atoms with Crippen LogP contribution < -0.4 is 0 Å². The minimum absolute atomic E-state index is 0.203. The number of carboxylic acid groups (broad SMARTS) is 1. The lowest BCUT2D eigenvalue weighted by atomic mass is 10.1. The fraction of sp³-hybridized carbons (Fsp3) is 0.167. The lowest BCUT2D eigenvalue weighted by molar-refractivity contribution is 0.0531. The van der Waals surface area contributed by atoms with E-state index in [9.17, 15) is 9.59 Å². The Morgan fingerprint density at radius 2 is 2.18 bits per heavy atom. The molecule has 0 saturated carbocycles. The predicted octanol–water partition coefficient (Wildman–Crippen LogP) is 2.78. The van der Waals surface area contributed by atoms with Gasteiger partial charge in [0.1, 0.15) is 4.88 Å². The monoisotopic (exact) mass is 250 g/mol. The van der Waals surface area contributed by atoms with Crippen LogP contribution in [0, 0.1) is 0 Å². The number of ether oxygens (including phenoxy) is 1. The zero-order valence-corrected chi connectivity index (χ0v) is 9.91. The normalized spacial score (nSPS) is 10.4. The lowest BCUT2D eigenvalue weighted by Crippen LogP contribution is -2.01. The largest absolute Gasteiger partial charge is 0.478 e. The maximum Gasteiger partial charge on any atom is 0.348 e. The second kappa shape index (κ2) is 4.55. The number of hydrogen-bond acceptors (Lipinski definition) is 4. The van der Waals surface area contributed by atoms with Crippen LogP contribution in [0.15, 0.2) is 24.3 Å². The summed E-state index contributed by atoms with van der Waals surface area (Å²) in [6, 6.07) is 6.54. The molecule has 4 nitrogen and oxygen atoms in total. The first-order valence-electron chi connectivity index (χ1n) is 5.06. The van der Waals surface area contributed by atoms with Gasteiger partial charge in [0, 0.05) is 10.1 Å². The Hall–Kier alpha value is -1.88. The Kier molecular flexibility index (Phi) is 3.10. The molecule has 17 heavy (non-hydrogen) atoms. The molecule has 1 N–H and O–H groups in total. The SMILES string of the molecule is CCOC(=O)c1cc2c(C(=O)O)cccc2s1. The van der Waals surface area contributed by atoms with Crippen molar-refractivity contribution >= 4 is 33.4 Å². The molecule has 2 aromatic rings. The smallest absolute Gasteiger partial charge is 0.348 e. The summed E-state index contributed by atoms with van der Waals surface area (Å²) in [6.07, 6.45) is 0. The zero-order valence-electron chi connectivity index (χ0n) is 9.10. The van der Waals surface area contributed by atoms with Crippen molar-refractivity contribution in [1.82, 2.24) is 0 Å². The van der Waals surface area contributed by atoms with E-state index in [-0.39, 0.29) is 5.56 Å². The molecule has 1 aromatic heterocycles. The molecule has 0 aliphatic heterocycles. The van der Waals surface area contributed by atoms with Crippen molar-refractivity contribution in [2.75, 3.05) is 6.61 Å². The van der Waals surface area contributed by atoms with Gasteiger partial charge in [-0.1, -0.05) is 6.07 Å². The van der Waals surface area contributed by atoms with Gasteiger partial charge in [-0.25, -0.2) is 9.59 Å². The van der Waals surface area contributed by atoms with E-state index in [1.165, 1.54) is 17.4 Å². The van der Waals surface area contributed by atoms with Gasteiger partial charge in [-0.3, -0.25) is 0 Å². The summed E-state index contributed by atoms with van der Waals surface area (Å²) in [5.74, 6) is -1.41. The van der Waals surface area contributed by atoms with Crippen molar-refractivity contribution in [3.05, 3.63) is 34.7 Å². The molecule has 0 aliphatic carbocycles. The maximum atomic E-state index is 11.5. The molecular formula is C12H10O4S. The number of esters is 1. The number of fused-ring (bicyclic) bond motifs is 1. The lowest BCUT2D eigenvalue weighted by Gasteiger charge is -1.96. The zero-order chi connectivity index (χ0) is 12.4. The van der Waals surface area contributed by atoms with Gasteiger partial charge < -0.3 is 9.84 Å². The number of benzene rings is 1. The third kappa shape index (κ3) is 2.14. The minimum Gasteiger partial charge on any atom is -0.478 e. The molecule has 0 spiro atoms. The molecule has 0 atom stereocenters. The van der Waals surface area contributed by atoms with E-state index in [0.29, 0.717) is 16.9 Å². The Balaban J connectivity index is 2.54. The van der Waals surface area contributed by atoms with E-state index in [1.807, 2.05) is 0 Å². The van der Waals surface area contributed by atoms with Crippen molar-refractivity contribution in [1.29, 1.82) is 0 Å². The highest BCUT2D eigenvalue weighted by atomic mass is 32.1. The van der Waals surface area contributed by atoms with Gasteiger partial charge in [0.15, 0.2) is 0 Å². The Bertz CT molecular complexity index is 585. The number of carboxylic acids is 1. The van der Waals surface area contributed by atoms with E-state index in [4.69, 9.17) is 9.84 Å². The number of hydrogen-bond donors (Lipinski definition) is 1. The summed E-state index contributed by atoms with van der Waals surface area (Å²) in [7, 11) is 0. The summed E-state index contributed by atoms with van der Waals surface area (Å²) >= 11 is 1.24. The van der Waals surface area contributed by atoms with Crippen molar-refractivity contribution in [2.45, 2.75) is 6.92 Å². The molecule has 1 heterocycles. The second-order valence-electron chi connectivity index (χ2n) is 3.35. The van der Waals surface area contributed by atoms with Crippen LogP contribution in [0.5, 0.6) is 0 Å². The first-order valence-corrected chi connectivity index (χ1v) is 5.88. The molecule has 5 heteroatoms. The van der Waals surface area contributed by atoms with Gasteiger partial charge in [-0.2, -0.15) is 0 Å². The standard InChI is InChI=1S/C12H10O4S/c1-2-16-12(15)10-6-8-7(11(13)14)4-3-5-9(8)17-10/h3-6H,2H2,1H3,(H,13,14). The van der Waals surface area contributed by atoms with Crippen LogP contribution in [0.2, 0.25) is 0 Å². The summed E-state index contributed by atoms with van der Waals surface area (Å²) in [6.45, 7) is 2.03. The van der Waals surface area contributed by atoms with Crippen LogP contribution in [0.1, 0.15) is 27.0 Å². The molecule has 0 saturated heterocycles. The van der Waals surface area contributed by atoms with E-state index in [2.05, 4.69) is 0 Å². The molecule has 0 aliphatic rings. The van der Waals surface area contributed by atoms with E-state index in [0.717, 1.165) is 4.70 Å². The first-order chi connectivity index (χ1) is 8.13. The average molecular weight is 250 g/mol. The molecule has 0 fully saturated rings. The molecule has 0 unspecified atom stereocenters. The van der Waals surface area contributed by atoms with Crippen molar-refractivity contribution < 1.29 is 19.4 Å². The van der Waals surface area contributed by atoms with Crippen LogP contribution in [0.4, 0.5) is 0 Å². The van der Waals surface area contributed by atoms with Crippen LogP contribution in [0.25, 0.3) is 10.1 Å². The van der Waals surface area contributed by atoms with E-state index >= 15 is 0 Å². The number of aromatic carboxylic acids is 1. The number of thiophene rings is 1. The van der Waals surface area contributed by atoms with E-state index in [1.54, 1.807) is 25.1 Å². The van der Waals surface area contributed by atoms with Crippen LogP contribution >= 0.6 is 11.3 Å². The topological polar surface area (TPSA) is 63.6 Å². The quantitative estimate of drug-likeness (QED) is 0.851. The third-order valence-electron chi connectivity index (χ3n) is 2.27. The Morgan fingerprint density at radius 3 is 2.82 bits per heavy atom. The number of rotatable bonds is 3. The first kappa shape index (κ1) is 11.6. The third-order valence-corrected chi connectivity index (χ3v) is 3.35. The second-order valence-corrected chi connectivity index (χ2v) is 4.44. The fourth-order valence-corrected chi connectivity index (χ4v) is 2.53. The van der Waals surface area contributed by atoms with Gasteiger partial charge in [0.05, 0.1) is 12.2 Å². The average Bonchev–Trinajstić information content (AvgIpc) is 2.72. The Morgan fingerprint density at radius 1 is 1.41 bits per heavy atom. The van der Waals surface area contributed by atoms with E-state index < -0.39 is 11.9 Å². The van der Waals surface area contributed by atoms with Crippen molar-refractivity contribution in [3.63, 3.8) is 0 Å². The summed E-state index contributed by atoms with van der Waals surface area (Å²) in [4.78, 5) is 23.0. The van der Waals surface area contributed by atoms with Crippen LogP contribution in [-0.2, 0) is 4.74 Å². The van der Waals surface area contributed by atoms with Crippen molar-refractivity contribution in [2.24, 2.45) is 0 Å². The highest BCUT2D eigenvalue weighted by molar-refractivity contribution is 7.20. The molecule has 0 radical (unpaired) electrons. The summed E-state index contributed by atoms with van der Waals surface area (Å²) < 4.78 is 5.65. The molecular weight excluding hydrogens is 240 g/mol. The van der Waals surface area contributed by atoms with Gasteiger partial charge >= 0.3 is 11.9 Å². The summed E-state index contributed by atoms with van der Waals surface area (Å²) in [5.41, 5.74) is 0.203. The molecule has 1 aromatic carbocycles. The fourth-order valence-electron chi connectivity index (χ4n) is 1.55. The molecule has 2 rings (SSSR count). The van der Waals surface area contributed by atoms with Crippen molar-refractivity contribution in [3.8, 4) is 0 Å².